The van der Waals surface area contributed by atoms with E-state index in [9.17, 15) is 4.79 Å². The van der Waals surface area contributed by atoms with Crippen molar-refractivity contribution in [3.8, 4) is 0 Å². The maximum Gasteiger partial charge on any atom is 0.228 e. The highest BCUT2D eigenvalue weighted by Crippen LogP contribution is 2.34. The lowest BCUT2D eigenvalue weighted by Gasteiger charge is -2.31. The summed E-state index contributed by atoms with van der Waals surface area (Å²) in [4.78, 5) is 12.9. The van der Waals surface area contributed by atoms with E-state index in [1.54, 1.807) is 0 Å². The number of nitrogens with zero attached hydrogens (tertiary/aromatic N) is 2. The molecule has 1 N–H and O–H groups in total. The van der Waals surface area contributed by atoms with E-state index >= 15 is 0 Å². The number of amides is 1. The molecule has 0 aliphatic rings. The third-order valence-corrected chi connectivity index (χ3v) is 4.59. The highest BCUT2D eigenvalue weighted by molar-refractivity contribution is 5.84. The fraction of sp³-hybridized carbons (Fsp3) is 0.579. The summed E-state index contributed by atoms with van der Waals surface area (Å²) in [7, 11) is 1.90. The second-order valence-electron chi connectivity index (χ2n) is 7.69. The van der Waals surface area contributed by atoms with Gasteiger partial charge < -0.3 is 9.73 Å². The zero-order valence-electron chi connectivity index (χ0n) is 16.0. The maximum absolute atomic E-state index is 12.9. The highest BCUT2D eigenvalue weighted by atomic mass is 16.3. The third kappa shape index (κ3) is 3.55. The predicted molar refractivity (Wildman–Crippen MR) is 94.9 cm³/mol. The maximum atomic E-state index is 12.9. The molecule has 0 aliphatic carbocycles. The SMILES string of the molecule is Cc1ccc([C@H](NC(=O)[C@@H](C)c2c(C)nn(C)c2C)C(C)(C)C)o1. The number of aryl methyl sites for hydroxylation is 3. The number of aromatic nitrogens is 2. The lowest BCUT2D eigenvalue weighted by atomic mass is 9.84. The van der Waals surface area contributed by atoms with E-state index in [1.165, 1.54) is 0 Å². The molecule has 0 unspecified atom stereocenters. The van der Waals surface area contributed by atoms with Gasteiger partial charge in [-0.15, -0.1) is 0 Å². The average molecular weight is 331 g/mol. The van der Waals surface area contributed by atoms with Crippen molar-refractivity contribution in [2.75, 3.05) is 0 Å². The Morgan fingerprint density at radius 1 is 1.25 bits per heavy atom. The molecule has 2 rings (SSSR count). The van der Waals surface area contributed by atoms with Crippen LogP contribution in [0, 0.1) is 26.2 Å². The Labute approximate surface area is 144 Å². The van der Waals surface area contributed by atoms with E-state index in [-0.39, 0.29) is 23.3 Å². The highest BCUT2D eigenvalue weighted by Gasteiger charge is 2.33. The largest absolute Gasteiger partial charge is 0.464 e. The fourth-order valence-electron chi connectivity index (χ4n) is 3.14. The van der Waals surface area contributed by atoms with Crippen LogP contribution in [0.25, 0.3) is 0 Å². The minimum Gasteiger partial charge on any atom is -0.464 e. The number of furan rings is 1. The van der Waals surface area contributed by atoms with Gasteiger partial charge >= 0.3 is 0 Å². The van der Waals surface area contributed by atoms with Crippen LogP contribution in [0.15, 0.2) is 16.5 Å². The van der Waals surface area contributed by atoms with E-state index in [0.717, 1.165) is 28.5 Å². The molecule has 0 radical (unpaired) electrons. The summed E-state index contributed by atoms with van der Waals surface area (Å²) in [6, 6.07) is 3.69. The van der Waals surface area contributed by atoms with Crippen molar-refractivity contribution >= 4 is 5.91 Å². The Morgan fingerprint density at radius 2 is 1.88 bits per heavy atom. The van der Waals surface area contributed by atoms with Crippen molar-refractivity contribution in [1.29, 1.82) is 0 Å². The monoisotopic (exact) mass is 331 g/mol. The lowest BCUT2D eigenvalue weighted by molar-refractivity contribution is -0.124. The first kappa shape index (κ1) is 18.3. The predicted octanol–water partition coefficient (Wildman–Crippen LogP) is 3.95. The first-order chi connectivity index (χ1) is 11.0. The number of nitrogens with one attached hydrogen (secondary N) is 1. The van der Waals surface area contributed by atoms with Crippen molar-refractivity contribution in [2.45, 2.75) is 60.4 Å². The summed E-state index contributed by atoms with van der Waals surface area (Å²) in [6.07, 6.45) is 0. The van der Waals surface area contributed by atoms with E-state index in [1.807, 2.05) is 51.6 Å². The van der Waals surface area contributed by atoms with E-state index in [4.69, 9.17) is 4.42 Å². The average Bonchev–Trinajstić information content (AvgIpc) is 2.98. The topological polar surface area (TPSA) is 60.1 Å². The molecule has 0 saturated heterocycles. The Morgan fingerprint density at radius 3 is 2.29 bits per heavy atom. The van der Waals surface area contributed by atoms with Crippen molar-refractivity contribution in [3.05, 3.63) is 40.6 Å². The Bertz CT molecular complexity index is 734. The normalized spacial score (nSPS) is 14.5. The molecule has 2 aromatic heterocycles. The van der Waals surface area contributed by atoms with Gasteiger partial charge in [0.15, 0.2) is 0 Å². The number of rotatable bonds is 4. The zero-order chi connectivity index (χ0) is 18.2. The number of hydrogen-bond donors (Lipinski definition) is 1. The molecule has 5 nitrogen and oxygen atoms in total. The Balaban J connectivity index is 2.27. The summed E-state index contributed by atoms with van der Waals surface area (Å²) in [5.41, 5.74) is 2.77. The number of carbonyl (C=O) groups is 1. The zero-order valence-corrected chi connectivity index (χ0v) is 16.0. The van der Waals surface area contributed by atoms with Crippen molar-refractivity contribution in [1.82, 2.24) is 15.1 Å². The van der Waals surface area contributed by atoms with Crippen LogP contribution in [0.4, 0.5) is 0 Å². The van der Waals surface area contributed by atoms with Gasteiger partial charge in [0.1, 0.15) is 11.5 Å². The quantitative estimate of drug-likeness (QED) is 0.923. The van der Waals surface area contributed by atoms with Crippen molar-refractivity contribution in [2.24, 2.45) is 12.5 Å². The fourth-order valence-corrected chi connectivity index (χ4v) is 3.14. The van der Waals surface area contributed by atoms with Gasteiger partial charge in [-0.1, -0.05) is 20.8 Å². The van der Waals surface area contributed by atoms with Crippen LogP contribution >= 0.6 is 0 Å². The van der Waals surface area contributed by atoms with Gasteiger partial charge in [-0.25, -0.2) is 0 Å². The first-order valence-electron chi connectivity index (χ1n) is 8.39. The molecule has 2 heterocycles. The second kappa shape index (κ2) is 6.46. The minimum atomic E-state index is -0.264. The first-order valence-corrected chi connectivity index (χ1v) is 8.39. The van der Waals surface area contributed by atoms with Gasteiger partial charge in [0.05, 0.1) is 17.7 Å². The molecule has 1 amide bonds. The summed E-state index contributed by atoms with van der Waals surface area (Å²) in [6.45, 7) is 14.1. The molecular formula is C19H29N3O2. The molecule has 0 spiro atoms. The smallest absolute Gasteiger partial charge is 0.228 e. The molecular weight excluding hydrogens is 302 g/mol. The molecule has 132 valence electrons. The Kier molecular flexibility index (Phi) is 4.92. The van der Waals surface area contributed by atoms with E-state index < -0.39 is 0 Å². The summed E-state index contributed by atoms with van der Waals surface area (Å²) in [5.74, 6) is 1.36. The minimum absolute atomic E-state index is 0.0109. The Hall–Kier alpha value is -2.04. The standard InChI is InChI=1S/C19H29N3O2/c1-11-9-10-15(24-11)17(19(5,6)7)20-18(23)12(2)16-13(3)21-22(8)14(16)4/h9-10,12,17H,1-8H3,(H,20,23)/t12-,17-/m0/s1. The van der Waals surface area contributed by atoms with Gasteiger partial charge in [-0.3, -0.25) is 9.48 Å². The van der Waals surface area contributed by atoms with Gasteiger partial charge in [-0.2, -0.15) is 5.10 Å². The summed E-state index contributed by atoms with van der Waals surface area (Å²) >= 11 is 0. The van der Waals surface area contributed by atoms with Crippen LogP contribution in [0.5, 0.6) is 0 Å². The third-order valence-electron chi connectivity index (χ3n) is 4.59. The van der Waals surface area contributed by atoms with Crippen LogP contribution in [0.3, 0.4) is 0 Å². The molecule has 2 aromatic rings. The van der Waals surface area contributed by atoms with Gasteiger partial charge in [0.2, 0.25) is 5.91 Å². The number of hydrogen-bond acceptors (Lipinski definition) is 3. The summed E-state index contributed by atoms with van der Waals surface area (Å²) in [5, 5.41) is 7.60. The van der Waals surface area contributed by atoms with E-state index in [0.29, 0.717) is 0 Å². The van der Waals surface area contributed by atoms with Gasteiger partial charge in [0.25, 0.3) is 0 Å². The van der Waals surface area contributed by atoms with Crippen LogP contribution in [0.1, 0.15) is 68.1 Å². The molecule has 5 heteroatoms. The van der Waals surface area contributed by atoms with Crippen LogP contribution in [-0.2, 0) is 11.8 Å². The van der Waals surface area contributed by atoms with Crippen LogP contribution in [-0.4, -0.2) is 15.7 Å². The molecule has 0 fully saturated rings. The molecule has 0 saturated carbocycles. The van der Waals surface area contributed by atoms with Crippen molar-refractivity contribution < 1.29 is 9.21 Å². The molecule has 0 aliphatic heterocycles. The van der Waals surface area contributed by atoms with Crippen LogP contribution < -0.4 is 5.32 Å². The summed E-state index contributed by atoms with van der Waals surface area (Å²) < 4.78 is 7.60. The van der Waals surface area contributed by atoms with Crippen molar-refractivity contribution in [3.63, 3.8) is 0 Å². The number of carbonyl (C=O) groups excluding carboxylic acids is 1. The lowest BCUT2D eigenvalue weighted by Crippen LogP contribution is -2.38. The molecule has 0 aromatic carbocycles. The molecule has 0 bridgehead atoms. The molecule has 24 heavy (non-hydrogen) atoms. The second-order valence-corrected chi connectivity index (χ2v) is 7.69. The van der Waals surface area contributed by atoms with Gasteiger partial charge in [0, 0.05) is 18.3 Å². The van der Waals surface area contributed by atoms with Gasteiger partial charge in [-0.05, 0) is 45.2 Å². The molecule has 2 atom stereocenters. The van der Waals surface area contributed by atoms with E-state index in [2.05, 4.69) is 31.2 Å². The van der Waals surface area contributed by atoms with Crippen LogP contribution in [0.2, 0.25) is 0 Å².